The summed E-state index contributed by atoms with van der Waals surface area (Å²) >= 11 is 1.31. The third-order valence-corrected chi connectivity index (χ3v) is 5.97. The van der Waals surface area contributed by atoms with Crippen LogP contribution >= 0.6 is 11.3 Å². The highest BCUT2D eigenvalue weighted by atomic mass is 32.1. The first-order valence-electron chi connectivity index (χ1n) is 11.0. The lowest BCUT2D eigenvalue weighted by atomic mass is 10.0. The third kappa shape index (κ3) is 6.58. The van der Waals surface area contributed by atoms with E-state index in [9.17, 15) is 9.59 Å². The molecule has 0 aliphatic rings. The second kappa shape index (κ2) is 12.1. The molecular weight excluding hydrogens is 438 g/mol. The van der Waals surface area contributed by atoms with Crippen LogP contribution in [0.3, 0.4) is 0 Å². The summed E-state index contributed by atoms with van der Waals surface area (Å²) in [6.45, 7) is 4.55. The number of nitrogens with one attached hydrogen (secondary N) is 1. The van der Waals surface area contributed by atoms with Crippen LogP contribution in [0.5, 0.6) is 11.5 Å². The average Bonchev–Trinajstić information content (AvgIpc) is 3.26. The Labute approximate surface area is 198 Å². The normalized spacial score (nSPS) is 10.5. The first-order chi connectivity index (χ1) is 16.0. The highest BCUT2D eigenvalue weighted by Gasteiger charge is 2.22. The summed E-state index contributed by atoms with van der Waals surface area (Å²) < 4.78 is 16.2. The minimum Gasteiger partial charge on any atom is -0.497 e. The summed E-state index contributed by atoms with van der Waals surface area (Å²) in [7, 11) is 1.60. The van der Waals surface area contributed by atoms with E-state index in [1.807, 2.05) is 53.9 Å². The second-order valence-corrected chi connectivity index (χ2v) is 8.18. The van der Waals surface area contributed by atoms with E-state index in [2.05, 4.69) is 12.2 Å². The molecule has 1 aromatic heterocycles. The highest BCUT2D eigenvalue weighted by Crippen LogP contribution is 2.37. The minimum absolute atomic E-state index is 0.173. The van der Waals surface area contributed by atoms with Crippen LogP contribution in [0.25, 0.3) is 11.1 Å². The molecule has 2 aromatic carbocycles. The quantitative estimate of drug-likeness (QED) is 0.278. The van der Waals surface area contributed by atoms with Gasteiger partial charge in [-0.1, -0.05) is 31.2 Å². The van der Waals surface area contributed by atoms with E-state index in [0.717, 1.165) is 29.0 Å². The predicted molar refractivity (Wildman–Crippen MR) is 131 cm³/mol. The van der Waals surface area contributed by atoms with Crippen LogP contribution in [0.15, 0.2) is 53.9 Å². The van der Waals surface area contributed by atoms with Crippen LogP contribution in [-0.2, 0) is 16.0 Å². The van der Waals surface area contributed by atoms with E-state index in [4.69, 9.17) is 14.2 Å². The zero-order valence-corrected chi connectivity index (χ0v) is 20.0. The first kappa shape index (κ1) is 24.3. The Morgan fingerprint density at radius 3 is 2.30 bits per heavy atom. The van der Waals surface area contributed by atoms with Crippen molar-refractivity contribution in [2.24, 2.45) is 0 Å². The van der Waals surface area contributed by atoms with E-state index in [1.165, 1.54) is 16.9 Å². The third-order valence-electron chi connectivity index (χ3n) is 5.07. The SMILES string of the molecule is CCOC(=O)c1c(-c2ccc(OC)cc2)csc1NC(=O)CCCOc1ccc(CC)cc1. The predicted octanol–water partition coefficient (Wildman–Crippen LogP) is 5.96. The maximum Gasteiger partial charge on any atom is 0.341 e. The Morgan fingerprint density at radius 1 is 0.970 bits per heavy atom. The van der Waals surface area contributed by atoms with Crippen LogP contribution in [0.2, 0.25) is 0 Å². The van der Waals surface area contributed by atoms with Crippen molar-refractivity contribution < 1.29 is 23.8 Å². The van der Waals surface area contributed by atoms with Crippen molar-refractivity contribution in [3.63, 3.8) is 0 Å². The van der Waals surface area contributed by atoms with E-state index >= 15 is 0 Å². The Bertz CT molecular complexity index is 1060. The molecule has 1 heterocycles. The van der Waals surface area contributed by atoms with Crippen molar-refractivity contribution in [2.45, 2.75) is 33.1 Å². The smallest absolute Gasteiger partial charge is 0.341 e. The summed E-state index contributed by atoms with van der Waals surface area (Å²) in [6.07, 6.45) is 1.83. The molecule has 3 rings (SSSR count). The van der Waals surface area contributed by atoms with Crippen molar-refractivity contribution >= 4 is 28.2 Å². The van der Waals surface area contributed by atoms with Crippen molar-refractivity contribution in [3.05, 3.63) is 65.0 Å². The van der Waals surface area contributed by atoms with Gasteiger partial charge in [-0.2, -0.15) is 0 Å². The van der Waals surface area contributed by atoms with Gasteiger partial charge in [0.15, 0.2) is 0 Å². The van der Waals surface area contributed by atoms with Crippen LogP contribution < -0.4 is 14.8 Å². The number of carbonyl (C=O) groups is 2. The van der Waals surface area contributed by atoms with Gasteiger partial charge in [-0.15, -0.1) is 11.3 Å². The lowest BCUT2D eigenvalue weighted by Crippen LogP contribution is -2.15. The van der Waals surface area contributed by atoms with Crippen molar-refractivity contribution in [1.82, 2.24) is 0 Å². The number of amides is 1. The van der Waals surface area contributed by atoms with Gasteiger partial charge in [0, 0.05) is 17.4 Å². The number of methoxy groups -OCH3 is 1. The van der Waals surface area contributed by atoms with Crippen LogP contribution in [-0.4, -0.2) is 32.2 Å². The lowest BCUT2D eigenvalue weighted by Gasteiger charge is -2.10. The number of carbonyl (C=O) groups excluding carboxylic acids is 2. The highest BCUT2D eigenvalue weighted by molar-refractivity contribution is 7.15. The van der Waals surface area contributed by atoms with Crippen LogP contribution in [0.4, 0.5) is 5.00 Å². The molecule has 0 aliphatic carbocycles. The largest absolute Gasteiger partial charge is 0.497 e. The Balaban J connectivity index is 1.63. The maximum atomic E-state index is 12.7. The monoisotopic (exact) mass is 467 g/mol. The molecule has 0 bridgehead atoms. The topological polar surface area (TPSA) is 73.9 Å². The molecule has 0 unspecified atom stereocenters. The fraction of sp³-hybridized carbons (Fsp3) is 0.308. The van der Waals surface area contributed by atoms with Gasteiger partial charge in [-0.05, 0) is 55.2 Å². The van der Waals surface area contributed by atoms with E-state index in [-0.39, 0.29) is 18.9 Å². The molecule has 0 saturated carbocycles. The number of thiophene rings is 1. The molecule has 0 atom stereocenters. The van der Waals surface area contributed by atoms with Gasteiger partial charge in [-0.3, -0.25) is 4.79 Å². The maximum absolute atomic E-state index is 12.7. The first-order valence-corrected chi connectivity index (χ1v) is 11.9. The second-order valence-electron chi connectivity index (χ2n) is 7.30. The number of benzene rings is 2. The Hall–Kier alpha value is -3.32. The fourth-order valence-electron chi connectivity index (χ4n) is 3.27. The van der Waals surface area contributed by atoms with Crippen molar-refractivity contribution in [1.29, 1.82) is 0 Å². The molecule has 3 aromatic rings. The number of esters is 1. The van der Waals surface area contributed by atoms with Gasteiger partial charge in [0.25, 0.3) is 0 Å². The van der Waals surface area contributed by atoms with Crippen LogP contribution in [0, 0.1) is 0 Å². The van der Waals surface area contributed by atoms with Crippen LogP contribution in [0.1, 0.15) is 42.6 Å². The van der Waals surface area contributed by atoms with E-state index in [0.29, 0.717) is 23.6 Å². The molecule has 174 valence electrons. The molecule has 7 heteroatoms. The number of ether oxygens (including phenoxy) is 3. The number of aryl methyl sites for hydroxylation is 1. The van der Waals surface area contributed by atoms with Gasteiger partial charge in [0.2, 0.25) is 5.91 Å². The molecular formula is C26H29NO5S. The molecule has 0 aliphatic heterocycles. The summed E-state index contributed by atoms with van der Waals surface area (Å²) in [5.74, 6) is 0.885. The molecule has 0 fully saturated rings. The summed E-state index contributed by atoms with van der Waals surface area (Å²) in [5.41, 5.74) is 3.19. The molecule has 1 N–H and O–H groups in total. The van der Waals surface area contributed by atoms with Gasteiger partial charge in [0.1, 0.15) is 22.1 Å². The number of hydrogen-bond donors (Lipinski definition) is 1. The minimum atomic E-state index is -0.460. The van der Waals surface area contributed by atoms with Gasteiger partial charge < -0.3 is 19.5 Å². The summed E-state index contributed by atoms with van der Waals surface area (Å²) in [4.78, 5) is 25.2. The zero-order valence-electron chi connectivity index (χ0n) is 19.2. The van der Waals surface area contributed by atoms with Gasteiger partial charge in [0.05, 0.1) is 20.3 Å². The molecule has 1 amide bonds. The van der Waals surface area contributed by atoms with Gasteiger partial charge >= 0.3 is 5.97 Å². The zero-order chi connectivity index (χ0) is 23.6. The van der Waals surface area contributed by atoms with Gasteiger partial charge in [-0.25, -0.2) is 4.79 Å². The molecule has 0 spiro atoms. The Kier molecular flexibility index (Phi) is 8.89. The van der Waals surface area contributed by atoms with Crippen molar-refractivity contribution in [2.75, 3.05) is 25.6 Å². The Morgan fingerprint density at radius 2 is 1.67 bits per heavy atom. The van der Waals surface area contributed by atoms with E-state index in [1.54, 1.807) is 14.0 Å². The van der Waals surface area contributed by atoms with E-state index < -0.39 is 5.97 Å². The number of anilines is 1. The summed E-state index contributed by atoms with van der Waals surface area (Å²) in [6, 6.07) is 15.4. The number of rotatable bonds is 11. The standard InChI is InChI=1S/C26H29NO5S/c1-4-18-8-12-21(13-9-18)32-16-6-7-23(28)27-25-24(26(29)31-5-2)22(17-33-25)19-10-14-20(30-3)15-11-19/h8-15,17H,4-7,16H2,1-3H3,(H,27,28). The molecule has 33 heavy (non-hydrogen) atoms. The number of hydrogen-bond acceptors (Lipinski definition) is 6. The van der Waals surface area contributed by atoms with Crippen molar-refractivity contribution in [3.8, 4) is 22.6 Å². The molecule has 0 radical (unpaired) electrons. The molecule has 6 nitrogen and oxygen atoms in total. The molecule has 0 saturated heterocycles. The summed E-state index contributed by atoms with van der Waals surface area (Å²) in [5, 5.41) is 5.22. The fourth-order valence-corrected chi connectivity index (χ4v) is 4.25. The average molecular weight is 468 g/mol. The lowest BCUT2D eigenvalue weighted by molar-refractivity contribution is -0.116.